The van der Waals surface area contributed by atoms with Gasteiger partial charge in [-0.25, -0.2) is 0 Å². The first kappa shape index (κ1) is 21.6. The van der Waals surface area contributed by atoms with E-state index in [1.54, 1.807) is 0 Å². The Hall–Kier alpha value is -1.70. The van der Waals surface area contributed by atoms with Crippen molar-refractivity contribution >= 4 is 11.4 Å². The van der Waals surface area contributed by atoms with Crippen LogP contribution in [0.3, 0.4) is 0 Å². The normalized spacial score (nSPS) is 44.5. The van der Waals surface area contributed by atoms with Crippen molar-refractivity contribution in [3.8, 4) is 0 Å². The lowest BCUT2D eigenvalue weighted by molar-refractivity contribution is -0.0301. The van der Waals surface area contributed by atoms with Gasteiger partial charge >= 0.3 is 0 Å². The molecule has 1 aromatic rings. The lowest BCUT2D eigenvalue weighted by Gasteiger charge is -2.58. The minimum atomic E-state index is 0.403. The molecule has 0 heterocycles. The minimum absolute atomic E-state index is 0.403. The highest BCUT2D eigenvalue weighted by Gasteiger charge is 2.54. The van der Waals surface area contributed by atoms with Crippen LogP contribution in [0.2, 0.25) is 0 Å². The van der Waals surface area contributed by atoms with Crippen molar-refractivity contribution in [1.29, 1.82) is 0 Å². The van der Waals surface area contributed by atoms with Crippen LogP contribution in [0.25, 0.3) is 0 Å². The van der Waals surface area contributed by atoms with Crippen molar-refractivity contribution in [3.05, 3.63) is 47.8 Å². The Labute approximate surface area is 207 Å². The van der Waals surface area contributed by atoms with Gasteiger partial charge in [0.1, 0.15) is 0 Å². The van der Waals surface area contributed by atoms with Crippen molar-refractivity contribution in [2.45, 2.75) is 90.9 Å². The Morgan fingerprint density at radius 3 is 1.15 bits per heavy atom. The number of hydrogen-bond acceptors (Lipinski definition) is 2. The van der Waals surface area contributed by atoms with Gasteiger partial charge in [-0.1, -0.05) is 24.3 Å². The standard InChI is InChI=1S/C32H44N2/c1-3-29(31-15-21-9-22(16-31)11-23(10-21)17-31)33-27-7-5-6-8-28(27)34-30(4-2)32-18-24-12-25(19-32)14-26(13-24)20-32/h3-8,21-26,33-34H,9-20H2,1-2H3/b29-3-,30-4-. The van der Waals surface area contributed by atoms with Crippen molar-refractivity contribution in [2.75, 3.05) is 10.6 Å². The Morgan fingerprint density at radius 1 is 0.588 bits per heavy atom. The van der Waals surface area contributed by atoms with Gasteiger partial charge in [-0.2, -0.15) is 0 Å². The molecule has 9 rings (SSSR count). The van der Waals surface area contributed by atoms with Crippen LogP contribution in [0.5, 0.6) is 0 Å². The smallest absolute Gasteiger partial charge is 0.0621 e. The second-order valence-electron chi connectivity index (χ2n) is 13.6. The molecule has 0 atom stereocenters. The molecule has 2 nitrogen and oxygen atoms in total. The Kier molecular flexibility index (Phi) is 5.01. The summed E-state index contributed by atoms with van der Waals surface area (Å²) in [5.74, 6) is 5.84. The summed E-state index contributed by atoms with van der Waals surface area (Å²) < 4.78 is 0. The molecular formula is C32H44N2. The molecule has 8 aliphatic rings. The zero-order valence-corrected chi connectivity index (χ0v) is 21.4. The summed E-state index contributed by atoms with van der Waals surface area (Å²) in [6.45, 7) is 4.54. The van der Waals surface area contributed by atoms with E-state index in [9.17, 15) is 0 Å². The van der Waals surface area contributed by atoms with E-state index < -0.39 is 0 Å². The molecule has 8 aliphatic carbocycles. The molecule has 8 fully saturated rings. The topological polar surface area (TPSA) is 24.1 Å². The monoisotopic (exact) mass is 456 g/mol. The minimum Gasteiger partial charge on any atom is -0.357 e. The summed E-state index contributed by atoms with van der Waals surface area (Å²) in [6.07, 6.45) is 22.3. The molecule has 8 saturated carbocycles. The van der Waals surface area contributed by atoms with Crippen LogP contribution in [0.4, 0.5) is 11.4 Å². The van der Waals surface area contributed by atoms with Gasteiger partial charge < -0.3 is 10.6 Å². The highest BCUT2D eigenvalue weighted by Crippen LogP contribution is 2.64. The molecule has 0 aliphatic heterocycles. The summed E-state index contributed by atoms with van der Waals surface area (Å²) in [5, 5.41) is 8.06. The van der Waals surface area contributed by atoms with Crippen LogP contribution < -0.4 is 10.6 Å². The predicted molar refractivity (Wildman–Crippen MR) is 142 cm³/mol. The van der Waals surface area contributed by atoms with Gasteiger partial charge in [0.05, 0.1) is 11.4 Å². The SMILES string of the molecule is C/C=C(\Nc1ccccc1N/C(=C\C)C12CC3CC(CC(C3)C1)C2)C12CC3CC(CC(C3)C1)C2. The van der Waals surface area contributed by atoms with E-state index in [2.05, 4.69) is 60.9 Å². The molecule has 182 valence electrons. The number of hydrogen-bond donors (Lipinski definition) is 2. The Morgan fingerprint density at radius 2 is 0.882 bits per heavy atom. The van der Waals surface area contributed by atoms with Crippen molar-refractivity contribution in [1.82, 2.24) is 0 Å². The second-order valence-corrected chi connectivity index (χ2v) is 13.6. The molecule has 0 amide bonds. The average Bonchev–Trinajstić information content (AvgIpc) is 2.79. The van der Waals surface area contributed by atoms with E-state index in [0.29, 0.717) is 10.8 Å². The molecule has 0 radical (unpaired) electrons. The Bertz CT molecular complexity index is 862. The number of allylic oxidation sites excluding steroid dienone is 4. The van der Waals surface area contributed by atoms with Crippen molar-refractivity contribution in [3.63, 3.8) is 0 Å². The van der Waals surface area contributed by atoms with E-state index in [0.717, 1.165) is 35.5 Å². The fourth-order valence-corrected chi connectivity index (χ4v) is 10.9. The molecule has 2 heteroatoms. The van der Waals surface area contributed by atoms with Gasteiger partial charge in [0.25, 0.3) is 0 Å². The fraction of sp³-hybridized carbons (Fsp3) is 0.688. The van der Waals surface area contributed by atoms with Crippen LogP contribution in [0.1, 0.15) is 90.9 Å². The molecule has 0 spiro atoms. The number of nitrogens with one attached hydrogen (secondary N) is 2. The summed E-state index contributed by atoms with van der Waals surface area (Å²) in [7, 11) is 0. The van der Waals surface area contributed by atoms with Crippen molar-refractivity contribution < 1.29 is 0 Å². The van der Waals surface area contributed by atoms with Crippen LogP contribution >= 0.6 is 0 Å². The van der Waals surface area contributed by atoms with Crippen LogP contribution in [0, 0.1) is 46.3 Å². The van der Waals surface area contributed by atoms with E-state index in [-0.39, 0.29) is 0 Å². The number of rotatable bonds is 6. The average molecular weight is 457 g/mol. The summed E-state index contributed by atoms with van der Waals surface area (Å²) >= 11 is 0. The van der Waals surface area contributed by atoms with Crippen LogP contribution in [0.15, 0.2) is 47.8 Å². The molecule has 8 bridgehead atoms. The van der Waals surface area contributed by atoms with Crippen LogP contribution in [-0.4, -0.2) is 0 Å². The maximum atomic E-state index is 4.03. The molecule has 2 N–H and O–H groups in total. The summed E-state index contributed by atoms with van der Waals surface area (Å²) in [6, 6.07) is 9.03. The molecule has 1 aromatic carbocycles. The summed E-state index contributed by atoms with van der Waals surface area (Å²) in [4.78, 5) is 0. The molecular weight excluding hydrogens is 412 g/mol. The Balaban J connectivity index is 1.15. The third-order valence-corrected chi connectivity index (χ3v) is 11.3. The molecule has 0 aromatic heterocycles. The highest BCUT2D eigenvalue weighted by atomic mass is 15.0. The zero-order valence-electron chi connectivity index (χ0n) is 21.4. The third-order valence-electron chi connectivity index (χ3n) is 11.3. The van der Waals surface area contributed by atoms with E-state index in [1.807, 2.05) is 0 Å². The molecule has 0 saturated heterocycles. The van der Waals surface area contributed by atoms with Gasteiger partial charge in [-0.05, 0) is 139 Å². The predicted octanol–water partition coefficient (Wildman–Crippen LogP) is 8.75. The van der Waals surface area contributed by atoms with Gasteiger partial charge in [0, 0.05) is 22.2 Å². The first-order chi connectivity index (χ1) is 16.6. The molecule has 34 heavy (non-hydrogen) atoms. The van der Waals surface area contributed by atoms with Crippen LogP contribution in [-0.2, 0) is 0 Å². The van der Waals surface area contributed by atoms with E-state index in [1.165, 1.54) is 99.8 Å². The number of anilines is 2. The maximum absolute atomic E-state index is 4.03. The zero-order chi connectivity index (χ0) is 22.9. The lowest BCUT2D eigenvalue weighted by Crippen LogP contribution is -2.48. The number of para-hydroxylation sites is 2. The van der Waals surface area contributed by atoms with Gasteiger partial charge in [0.15, 0.2) is 0 Å². The fourth-order valence-electron chi connectivity index (χ4n) is 10.9. The number of benzene rings is 1. The first-order valence-electron chi connectivity index (χ1n) is 14.5. The van der Waals surface area contributed by atoms with Crippen molar-refractivity contribution in [2.24, 2.45) is 46.3 Å². The van der Waals surface area contributed by atoms with Gasteiger partial charge in [0.2, 0.25) is 0 Å². The summed E-state index contributed by atoms with van der Waals surface area (Å²) in [5.41, 5.74) is 6.38. The second kappa shape index (κ2) is 7.90. The van der Waals surface area contributed by atoms with Gasteiger partial charge in [-0.3, -0.25) is 0 Å². The van der Waals surface area contributed by atoms with E-state index >= 15 is 0 Å². The largest absolute Gasteiger partial charge is 0.357 e. The van der Waals surface area contributed by atoms with Gasteiger partial charge in [-0.15, -0.1) is 0 Å². The highest BCUT2D eigenvalue weighted by molar-refractivity contribution is 5.73. The quantitative estimate of drug-likeness (QED) is 0.447. The lowest BCUT2D eigenvalue weighted by atomic mass is 9.48. The first-order valence-corrected chi connectivity index (χ1v) is 14.5. The molecule has 0 unspecified atom stereocenters. The third kappa shape index (κ3) is 3.41. The maximum Gasteiger partial charge on any atom is 0.0621 e. The van der Waals surface area contributed by atoms with E-state index in [4.69, 9.17) is 0 Å².